The molecule has 2 aromatic rings. The van der Waals surface area contributed by atoms with Gasteiger partial charge in [-0.25, -0.2) is 0 Å². The van der Waals surface area contributed by atoms with Gasteiger partial charge < -0.3 is 4.74 Å². The third kappa shape index (κ3) is 3.84. The summed E-state index contributed by atoms with van der Waals surface area (Å²) in [5.41, 5.74) is 0.284. The van der Waals surface area contributed by atoms with Crippen LogP contribution in [0.25, 0.3) is 0 Å². The lowest BCUT2D eigenvalue weighted by molar-refractivity contribution is -0.0835. The summed E-state index contributed by atoms with van der Waals surface area (Å²) in [5, 5.41) is 0. The minimum Gasteiger partial charge on any atom is -0.375 e. The van der Waals surface area contributed by atoms with Crippen LogP contribution in [0.4, 0.5) is 8.78 Å². The topological polar surface area (TPSA) is 63.7 Å². The van der Waals surface area contributed by atoms with Gasteiger partial charge in [0.1, 0.15) is 6.61 Å². The number of imide groups is 1. The van der Waals surface area contributed by atoms with Crippen LogP contribution in [0.3, 0.4) is 0 Å². The van der Waals surface area contributed by atoms with Crippen LogP contribution in [-0.2, 0) is 10.7 Å². The van der Waals surface area contributed by atoms with Crippen LogP contribution in [0.1, 0.15) is 50.0 Å². The lowest BCUT2D eigenvalue weighted by atomic mass is 9.99. The maximum absolute atomic E-state index is 14.4. The summed E-state index contributed by atoms with van der Waals surface area (Å²) in [6.45, 7) is 0.379. The highest BCUT2D eigenvalue weighted by molar-refractivity contribution is 6.21. The number of ether oxygens (including phenoxy) is 1. The largest absolute Gasteiger partial charge is 0.375 e. The first-order valence-electron chi connectivity index (χ1n) is 8.84. The van der Waals surface area contributed by atoms with Crippen molar-refractivity contribution in [3.63, 3.8) is 0 Å². The van der Waals surface area contributed by atoms with Crippen molar-refractivity contribution in [1.82, 2.24) is 4.90 Å². The quantitative estimate of drug-likeness (QED) is 0.394. The maximum Gasteiger partial charge on any atom is 0.296 e. The molecule has 0 saturated heterocycles. The Labute approximate surface area is 160 Å². The van der Waals surface area contributed by atoms with Gasteiger partial charge in [0.05, 0.1) is 11.1 Å². The third-order valence-corrected chi connectivity index (χ3v) is 4.53. The number of fused-ring (bicyclic) bond motifs is 1. The fourth-order valence-corrected chi connectivity index (χ4v) is 3.15. The molecule has 0 fully saturated rings. The fraction of sp³-hybridized carbons (Fsp3) is 0.286. The zero-order valence-electron chi connectivity index (χ0n) is 15.3. The molecular weight excluding hydrogens is 368 g/mol. The number of hydrogen-bond acceptors (Lipinski definition) is 4. The van der Waals surface area contributed by atoms with Crippen LogP contribution >= 0.6 is 0 Å². The summed E-state index contributed by atoms with van der Waals surface area (Å²) < 4.78 is 33.9. The van der Waals surface area contributed by atoms with E-state index in [1.807, 2.05) is 0 Å². The molecule has 7 heteroatoms. The van der Waals surface area contributed by atoms with Gasteiger partial charge in [-0.15, -0.1) is 0 Å². The van der Waals surface area contributed by atoms with Crippen LogP contribution in [0.2, 0.25) is 0 Å². The van der Waals surface area contributed by atoms with Crippen LogP contribution in [0.5, 0.6) is 0 Å². The van der Waals surface area contributed by atoms with Gasteiger partial charge in [0.2, 0.25) is 0 Å². The van der Waals surface area contributed by atoms with E-state index in [-0.39, 0.29) is 42.5 Å². The van der Waals surface area contributed by atoms with E-state index in [0.29, 0.717) is 11.1 Å². The first-order chi connectivity index (χ1) is 13.3. The number of alkyl halides is 2. The Kier molecular flexibility index (Phi) is 5.65. The van der Waals surface area contributed by atoms with E-state index in [4.69, 9.17) is 4.74 Å². The van der Waals surface area contributed by atoms with E-state index >= 15 is 0 Å². The summed E-state index contributed by atoms with van der Waals surface area (Å²) in [6, 6.07) is 12.1. The Morgan fingerprint density at radius 1 is 1.00 bits per heavy atom. The summed E-state index contributed by atoms with van der Waals surface area (Å²) in [5.74, 6) is -4.54. The molecule has 2 amide bonds. The van der Waals surface area contributed by atoms with Crippen molar-refractivity contribution in [3.8, 4) is 0 Å². The molecule has 28 heavy (non-hydrogen) atoms. The second-order valence-electron chi connectivity index (χ2n) is 6.52. The lowest BCUT2D eigenvalue weighted by Gasteiger charge is -2.20. The number of carbonyl (C=O) groups excluding carboxylic acids is 3. The van der Waals surface area contributed by atoms with E-state index in [9.17, 15) is 23.2 Å². The standard InChI is InChI=1S/C21H19F2NO4/c1-14(25)15-7-4-5-10-18(15)21(22,23)13-28-12-6-11-24-19(26)16-8-2-3-9-17(16)20(24)27/h2-5,7-10H,6,11-13H2,1H3. The molecule has 0 saturated carbocycles. The normalized spacial score (nSPS) is 13.8. The molecule has 1 heterocycles. The Morgan fingerprint density at radius 2 is 1.57 bits per heavy atom. The van der Waals surface area contributed by atoms with Crippen LogP contribution in [0, 0.1) is 0 Å². The van der Waals surface area contributed by atoms with Crippen molar-refractivity contribution in [3.05, 3.63) is 70.8 Å². The zero-order valence-corrected chi connectivity index (χ0v) is 15.3. The Morgan fingerprint density at radius 3 is 2.18 bits per heavy atom. The van der Waals surface area contributed by atoms with Gasteiger partial charge in [-0.3, -0.25) is 19.3 Å². The number of ketones is 1. The summed E-state index contributed by atoms with van der Waals surface area (Å²) in [4.78, 5) is 37.1. The van der Waals surface area contributed by atoms with Gasteiger partial charge >= 0.3 is 0 Å². The van der Waals surface area contributed by atoms with Crippen molar-refractivity contribution < 1.29 is 27.9 Å². The number of benzene rings is 2. The van der Waals surface area contributed by atoms with Gasteiger partial charge in [0, 0.05) is 24.3 Å². The number of nitrogens with zero attached hydrogens (tertiary/aromatic N) is 1. The van der Waals surface area contributed by atoms with Gasteiger partial charge in [0.15, 0.2) is 5.78 Å². The SMILES string of the molecule is CC(=O)c1ccccc1C(F)(F)COCCCN1C(=O)c2ccccc2C1=O. The van der Waals surface area contributed by atoms with Crippen molar-refractivity contribution in [2.45, 2.75) is 19.3 Å². The van der Waals surface area contributed by atoms with Crippen molar-refractivity contribution >= 4 is 17.6 Å². The number of carbonyl (C=O) groups is 3. The van der Waals surface area contributed by atoms with E-state index in [1.54, 1.807) is 24.3 Å². The first-order valence-corrected chi connectivity index (χ1v) is 8.84. The number of amides is 2. The molecule has 0 radical (unpaired) electrons. The molecule has 1 aliphatic rings. The molecular formula is C21H19F2NO4. The third-order valence-electron chi connectivity index (χ3n) is 4.53. The van der Waals surface area contributed by atoms with Gasteiger partial charge in [-0.05, 0) is 25.5 Å². The maximum atomic E-state index is 14.4. The average Bonchev–Trinajstić information content (AvgIpc) is 2.92. The highest BCUT2D eigenvalue weighted by atomic mass is 19.3. The summed E-state index contributed by atoms with van der Waals surface area (Å²) >= 11 is 0. The average molecular weight is 387 g/mol. The molecule has 0 N–H and O–H groups in total. The van der Waals surface area contributed by atoms with Crippen LogP contribution in [0.15, 0.2) is 48.5 Å². The molecule has 2 aromatic carbocycles. The second kappa shape index (κ2) is 7.98. The van der Waals surface area contributed by atoms with Crippen LogP contribution < -0.4 is 0 Å². The Balaban J connectivity index is 1.52. The molecule has 0 aromatic heterocycles. The number of halogens is 2. The fourth-order valence-electron chi connectivity index (χ4n) is 3.15. The Hall–Kier alpha value is -2.93. The minimum absolute atomic E-state index is 0.0397. The molecule has 0 unspecified atom stereocenters. The van der Waals surface area contributed by atoms with Crippen molar-refractivity contribution in [2.75, 3.05) is 19.8 Å². The minimum atomic E-state index is -3.32. The van der Waals surface area contributed by atoms with Crippen molar-refractivity contribution in [1.29, 1.82) is 0 Å². The predicted molar refractivity (Wildman–Crippen MR) is 97.6 cm³/mol. The second-order valence-corrected chi connectivity index (χ2v) is 6.52. The lowest BCUT2D eigenvalue weighted by Crippen LogP contribution is -2.31. The number of rotatable bonds is 8. The molecule has 0 spiro atoms. The van der Waals surface area contributed by atoms with Crippen LogP contribution in [-0.4, -0.2) is 42.3 Å². The molecule has 0 bridgehead atoms. The van der Waals surface area contributed by atoms with E-state index in [2.05, 4.69) is 0 Å². The van der Waals surface area contributed by atoms with Gasteiger partial charge in [-0.2, -0.15) is 8.78 Å². The number of Topliss-reactive ketones (excluding diaryl/α,β-unsaturated/α-hetero) is 1. The highest BCUT2D eigenvalue weighted by Crippen LogP contribution is 2.31. The van der Waals surface area contributed by atoms with Crippen molar-refractivity contribution in [2.24, 2.45) is 0 Å². The summed E-state index contributed by atoms with van der Waals surface area (Å²) in [6.07, 6.45) is 0.232. The van der Waals surface area contributed by atoms with E-state index in [1.165, 1.54) is 31.2 Å². The van der Waals surface area contributed by atoms with E-state index in [0.717, 1.165) is 4.90 Å². The summed E-state index contributed by atoms with van der Waals surface area (Å²) in [7, 11) is 0. The molecule has 3 rings (SSSR count). The van der Waals surface area contributed by atoms with Gasteiger partial charge in [-0.1, -0.05) is 36.4 Å². The zero-order chi connectivity index (χ0) is 20.3. The Bertz CT molecular complexity index is 891. The van der Waals surface area contributed by atoms with Gasteiger partial charge in [0.25, 0.3) is 17.7 Å². The molecule has 5 nitrogen and oxygen atoms in total. The molecule has 0 atom stereocenters. The molecule has 1 aliphatic heterocycles. The monoisotopic (exact) mass is 387 g/mol. The number of hydrogen-bond donors (Lipinski definition) is 0. The van der Waals surface area contributed by atoms with E-state index < -0.39 is 18.3 Å². The molecule has 0 aliphatic carbocycles. The smallest absolute Gasteiger partial charge is 0.296 e. The predicted octanol–water partition coefficient (Wildman–Crippen LogP) is 3.68. The molecule has 146 valence electrons. The first kappa shape index (κ1) is 19.8. The highest BCUT2D eigenvalue weighted by Gasteiger charge is 2.36.